The molecule has 1 saturated heterocycles. The first-order chi connectivity index (χ1) is 16.9. The minimum Gasteiger partial charge on any atom is -0.349 e. The molecule has 0 radical (unpaired) electrons. The summed E-state index contributed by atoms with van der Waals surface area (Å²) in [6.07, 6.45) is 4.17. The second-order valence-corrected chi connectivity index (χ2v) is 10.2. The first-order valence-electron chi connectivity index (χ1n) is 12.0. The summed E-state index contributed by atoms with van der Waals surface area (Å²) in [5.74, 6) is 2.15. The summed E-state index contributed by atoms with van der Waals surface area (Å²) >= 11 is 1.31. The van der Waals surface area contributed by atoms with Crippen molar-refractivity contribution in [3.8, 4) is 5.82 Å². The van der Waals surface area contributed by atoms with E-state index in [1.54, 1.807) is 11.1 Å². The van der Waals surface area contributed by atoms with Crippen molar-refractivity contribution in [2.24, 2.45) is 5.92 Å². The summed E-state index contributed by atoms with van der Waals surface area (Å²) in [5.41, 5.74) is 2.38. The molecule has 3 aromatic rings. The molecule has 1 aliphatic rings. The van der Waals surface area contributed by atoms with Gasteiger partial charge in [-0.3, -0.25) is 14.2 Å². The van der Waals surface area contributed by atoms with Crippen molar-refractivity contribution in [3.63, 3.8) is 0 Å². The molecule has 1 aliphatic heterocycles. The predicted octanol–water partition coefficient (Wildman–Crippen LogP) is 3.95. The van der Waals surface area contributed by atoms with Gasteiger partial charge in [0.2, 0.25) is 11.8 Å². The van der Waals surface area contributed by atoms with Gasteiger partial charge in [0.15, 0.2) is 11.0 Å². The fourth-order valence-corrected chi connectivity index (χ4v) is 4.93. The zero-order valence-electron chi connectivity index (χ0n) is 20.5. The van der Waals surface area contributed by atoms with E-state index in [1.165, 1.54) is 17.3 Å². The maximum absolute atomic E-state index is 12.7. The lowest BCUT2D eigenvalue weighted by Gasteiger charge is -2.16. The Bertz CT molecular complexity index is 1150. The van der Waals surface area contributed by atoms with Crippen LogP contribution in [0.15, 0.2) is 53.8 Å². The molecule has 9 heteroatoms. The molecule has 1 aromatic carbocycles. The van der Waals surface area contributed by atoms with Gasteiger partial charge in [-0.25, -0.2) is 4.98 Å². The molecule has 1 fully saturated rings. The van der Waals surface area contributed by atoms with Gasteiger partial charge in [0, 0.05) is 19.2 Å². The topological polar surface area (TPSA) is 93.0 Å². The van der Waals surface area contributed by atoms with Crippen molar-refractivity contribution in [2.75, 3.05) is 12.3 Å². The molecule has 1 N–H and O–H groups in total. The normalized spacial score (nSPS) is 14.5. The van der Waals surface area contributed by atoms with Crippen LogP contribution in [0.4, 0.5) is 0 Å². The third-order valence-electron chi connectivity index (χ3n) is 5.92. The van der Waals surface area contributed by atoms with Crippen LogP contribution in [0.1, 0.15) is 56.6 Å². The molecule has 8 nitrogen and oxygen atoms in total. The van der Waals surface area contributed by atoms with Crippen LogP contribution in [0.3, 0.4) is 0 Å². The molecule has 0 spiro atoms. The number of nitrogens with one attached hydrogen (secondary N) is 1. The first-order valence-corrected chi connectivity index (χ1v) is 13.0. The number of aromatic nitrogens is 4. The molecule has 3 heterocycles. The summed E-state index contributed by atoms with van der Waals surface area (Å²) in [4.78, 5) is 31.1. The number of carbonyl (C=O) groups excluding carboxylic acids is 2. The smallest absolute Gasteiger partial charge is 0.230 e. The van der Waals surface area contributed by atoms with Crippen molar-refractivity contribution < 1.29 is 9.59 Å². The zero-order valence-corrected chi connectivity index (χ0v) is 21.3. The fraction of sp³-hybridized carbons (Fsp3) is 0.423. The molecule has 35 heavy (non-hydrogen) atoms. The summed E-state index contributed by atoms with van der Waals surface area (Å²) in [7, 11) is 0. The van der Waals surface area contributed by atoms with Gasteiger partial charge in [0.05, 0.1) is 18.3 Å². The number of carbonyl (C=O) groups is 2. The van der Waals surface area contributed by atoms with Crippen molar-refractivity contribution in [3.05, 3.63) is 65.6 Å². The number of hydrogen-bond donors (Lipinski definition) is 1. The Kier molecular flexibility index (Phi) is 8.17. The molecule has 2 amide bonds. The van der Waals surface area contributed by atoms with Crippen LogP contribution in [-0.2, 0) is 22.6 Å². The lowest BCUT2D eigenvalue weighted by Crippen LogP contribution is -2.28. The molecule has 0 bridgehead atoms. The fourth-order valence-electron chi connectivity index (χ4n) is 4.16. The van der Waals surface area contributed by atoms with Gasteiger partial charge in [-0.15, -0.1) is 10.2 Å². The molecule has 184 valence electrons. The molecule has 0 saturated carbocycles. The van der Waals surface area contributed by atoms with Gasteiger partial charge in [-0.05, 0) is 48.9 Å². The van der Waals surface area contributed by atoms with Crippen LogP contribution in [0.2, 0.25) is 0 Å². The highest BCUT2D eigenvalue weighted by molar-refractivity contribution is 7.99. The van der Waals surface area contributed by atoms with Gasteiger partial charge < -0.3 is 10.2 Å². The Balaban J connectivity index is 1.41. The number of rotatable bonds is 10. The van der Waals surface area contributed by atoms with E-state index in [-0.39, 0.29) is 23.6 Å². The lowest BCUT2D eigenvalue weighted by molar-refractivity contribution is -0.128. The van der Waals surface area contributed by atoms with Gasteiger partial charge in [0.25, 0.3) is 0 Å². The molecular weight excluding hydrogens is 460 g/mol. The number of hydrogen-bond acceptors (Lipinski definition) is 6. The Morgan fingerprint density at radius 2 is 1.91 bits per heavy atom. The van der Waals surface area contributed by atoms with E-state index in [2.05, 4.69) is 58.6 Å². The van der Waals surface area contributed by atoms with Crippen molar-refractivity contribution >= 4 is 23.6 Å². The largest absolute Gasteiger partial charge is 0.349 e. The van der Waals surface area contributed by atoms with Crippen molar-refractivity contribution in [2.45, 2.75) is 57.8 Å². The molecular formula is C26H32N6O2S. The highest BCUT2D eigenvalue weighted by atomic mass is 32.2. The maximum Gasteiger partial charge on any atom is 0.230 e. The molecule has 1 unspecified atom stereocenters. The van der Waals surface area contributed by atoms with Crippen LogP contribution in [0.25, 0.3) is 5.82 Å². The number of nitrogens with zero attached hydrogens (tertiary/aromatic N) is 5. The Hall–Kier alpha value is -3.20. The number of pyridine rings is 1. The minimum atomic E-state index is -0.0957. The molecule has 1 atom stereocenters. The van der Waals surface area contributed by atoms with Crippen molar-refractivity contribution in [1.29, 1.82) is 0 Å². The van der Waals surface area contributed by atoms with Crippen LogP contribution < -0.4 is 5.32 Å². The summed E-state index contributed by atoms with van der Waals surface area (Å²) in [6.45, 7) is 7.49. The van der Waals surface area contributed by atoms with Crippen LogP contribution in [0.5, 0.6) is 0 Å². The third kappa shape index (κ3) is 6.48. The van der Waals surface area contributed by atoms with E-state index in [0.29, 0.717) is 35.7 Å². The number of thioether (sulfide) groups is 1. The van der Waals surface area contributed by atoms with Crippen LogP contribution >= 0.6 is 11.8 Å². The highest BCUT2D eigenvalue weighted by Crippen LogP contribution is 2.23. The zero-order chi connectivity index (χ0) is 24.8. The quantitative estimate of drug-likeness (QED) is 0.431. The Labute approximate surface area is 210 Å². The van der Waals surface area contributed by atoms with Gasteiger partial charge in [0.1, 0.15) is 5.82 Å². The Morgan fingerprint density at radius 1 is 1.11 bits per heavy atom. The van der Waals surface area contributed by atoms with E-state index < -0.39 is 0 Å². The SMILES string of the molecule is CC(C)Cc1ccc(C(C)NC(=O)CSc2nnc(CN3CCCC3=O)n2-c2ccccn2)cc1. The Morgan fingerprint density at radius 3 is 2.57 bits per heavy atom. The maximum atomic E-state index is 12.7. The van der Waals surface area contributed by atoms with E-state index in [0.717, 1.165) is 24.9 Å². The van der Waals surface area contributed by atoms with E-state index in [1.807, 2.05) is 29.7 Å². The standard InChI is InChI=1S/C26H32N6O2S/c1-18(2)15-20-9-11-21(12-10-20)19(3)28-24(33)17-35-26-30-29-23(16-31-14-6-8-25(31)34)32(26)22-7-4-5-13-27-22/h4-5,7,9-13,18-19H,6,8,14-17H2,1-3H3,(H,28,33). The highest BCUT2D eigenvalue weighted by Gasteiger charge is 2.24. The second-order valence-electron chi connectivity index (χ2n) is 9.26. The minimum absolute atomic E-state index is 0.0828. The third-order valence-corrected chi connectivity index (χ3v) is 6.84. The average molecular weight is 493 g/mol. The monoisotopic (exact) mass is 492 g/mol. The van der Waals surface area contributed by atoms with Crippen LogP contribution in [-0.4, -0.2) is 48.8 Å². The first kappa shape index (κ1) is 24.9. The van der Waals surface area contributed by atoms with Gasteiger partial charge in [-0.2, -0.15) is 0 Å². The second kappa shape index (κ2) is 11.5. The molecule has 4 rings (SSSR count). The summed E-state index contributed by atoms with van der Waals surface area (Å²) in [5, 5.41) is 12.3. The van der Waals surface area contributed by atoms with Crippen LogP contribution in [0, 0.1) is 5.92 Å². The van der Waals surface area contributed by atoms with Gasteiger partial charge >= 0.3 is 0 Å². The number of likely N-dealkylation sites (tertiary alicyclic amines) is 1. The molecule has 0 aliphatic carbocycles. The summed E-state index contributed by atoms with van der Waals surface area (Å²) < 4.78 is 1.83. The number of amides is 2. The number of benzene rings is 1. The average Bonchev–Trinajstić information content (AvgIpc) is 3.44. The summed E-state index contributed by atoms with van der Waals surface area (Å²) in [6, 6.07) is 13.9. The molecule has 2 aromatic heterocycles. The van der Waals surface area contributed by atoms with Gasteiger partial charge in [-0.1, -0.05) is 55.9 Å². The predicted molar refractivity (Wildman–Crippen MR) is 136 cm³/mol. The lowest BCUT2D eigenvalue weighted by atomic mass is 10.00. The van der Waals surface area contributed by atoms with E-state index in [9.17, 15) is 9.59 Å². The van der Waals surface area contributed by atoms with Crippen molar-refractivity contribution in [1.82, 2.24) is 30.0 Å². The van der Waals surface area contributed by atoms with E-state index >= 15 is 0 Å². The van der Waals surface area contributed by atoms with E-state index in [4.69, 9.17) is 0 Å².